The van der Waals surface area contributed by atoms with Crippen molar-refractivity contribution in [2.45, 2.75) is 38.0 Å². The van der Waals surface area contributed by atoms with Gasteiger partial charge in [0.25, 0.3) is 0 Å². The highest BCUT2D eigenvalue weighted by Gasteiger charge is 2.47. The first-order chi connectivity index (χ1) is 12.2. The molecule has 2 aromatic rings. The second-order valence-electron chi connectivity index (χ2n) is 7.46. The van der Waals surface area contributed by atoms with Crippen molar-refractivity contribution in [1.82, 2.24) is 5.01 Å². The molecule has 128 valence electrons. The molecule has 0 radical (unpaired) electrons. The number of aliphatic hydroxyl groups is 1. The number of rotatable bonds is 4. The van der Waals surface area contributed by atoms with Crippen molar-refractivity contribution >= 4 is 21.6 Å². The van der Waals surface area contributed by atoms with Crippen molar-refractivity contribution in [2.24, 2.45) is 16.9 Å². The maximum absolute atomic E-state index is 11.1. The van der Waals surface area contributed by atoms with Gasteiger partial charge in [-0.05, 0) is 49.7 Å². The highest BCUT2D eigenvalue weighted by atomic mass is 79.9. The van der Waals surface area contributed by atoms with E-state index in [1.54, 1.807) is 0 Å². The fourth-order valence-corrected chi connectivity index (χ4v) is 4.31. The molecule has 0 saturated heterocycles. The average molecular weight is 397 g/mol. The monoisotopic (exact) mass is 396 g/mol. The molecule has 1 heterocycles. The molecule has 4 heteroatoms. The van der Waals surface area contributed by atoms with Crippen molar-refractivity contribution in [3.63, 3.8) is 0 Å². The predicted octanol–water partition coefficient (Wildman–Crippen LogP) is 4.70. The molecule has 2 aliphatic carbocycles. The Balaban J connectivity index is 1.62. The topological polar surface area (TPSA) is 35.8 Å². The Kier molecular flexibility index (Phi) is 3.72. The van der Waals surface area contributed by atoms with Gasteiger partial charge in [0.15, 0.2) is 6.23 Å². The van der Waals surface area contributed by atoms with Gasteiger partial charge in [0, 0.05) is 21.2 Å². The molecule has 1 unspecified atom stereocenters. The lowest BCUT2D eigenvalue weighted by molar-refractivity contribution is -0.0415. The van der Waals surface area contributed by atoms with E-state index in [2.05, 4.69) is 46.3 Å². The first-order valence-electron chi connectivity index (χ1n) is 9.12. The molecule has 1 N–H and O–H groups in total. The van der Waals surface area contributed by atoms with Crippen LogP contribution in [0.15, 0.2) is 58.1 Å². The molecule has 25 heavy (non-hydrogen) atoms. The number of nitrogens with zero attached hydrogens (tertiary/aromatic N) is 2. The van der Waals surface area contributed by atoms with Gasteiger partial charge >= 0.3 is 0 Å². The average Bonchev–Trinajstić information content (AvgIpc) is 3.53. The Labute approximate surface area is 156 Å². The minimum Gasteiger partial charge on any atom is -0.368 e. The van der Waals surface area contributed by atoms with Crippen LogP contribution >= 0.6 is 15.9 Å². The second-order valence-corrected chi connectivity index (χ2v) is 8.38. The predicted molar refractivity (Wildman–Crippen MR) is 102 cm³/mol. The summed E-state index contributed by atoms with van der Waals surface area (Å²) < 4.78 is 1.06. The van der Waals surface area contributed by atoms with Crippen LogP contribution in [0.25, 0.3) is 0 Å². The van der Waals surface area contributed by atoms with E-state index in [0.29, 0.717) is 17.9 Å². The molecule has 0 spiro atoms. The van der Waals surface area contributed by atoms with E-state index in [4.69, 9.17) is 5.10 Å². The third-order valence-corrected chi connectivity index (χ3v) is 6.12. The van der Waals surface area contributed by atoms with E-state index >= 15 is 0 Å². The molecule has 0 bridgehead atoms. The first-order valence-corrected chi connectivity index (χ1v) is 9.92. The second kappa shape index (κ2) is 5.96. The zero-order valence-electron chi connectivity index (χ0n) is 14.0. The van der Waals surface area contributed by atoms with Crippen LogP contribution in [0.2, 0.25) is 0 Å². The molecule has 5 rings (SSSR count). The molecule has 2 fully saturated rings. The highest BCUT2D eigenvalue weighted by molar-refractivity contribution is 9.10. The van der Waals surface area contributed by atoms with Crippen LogP contribution < -0.4 is 0 Å². The summed E-state index contributed by atoms with van der Waals surface area (Å²) in [7, 11) is 0. The number of aliphatic hydroxyl groups excluding tert-OH is 1. The standard InChI is InChI=1S/C21H21BrN2O/c22-16-11-9-13(10-12-16)19-17-3-1-2-4-18(17)21(25)24(23-19)20(14-5-6-14)15-7-8-15/h1-4,9-12,14-15,20-21,25H,5-8H2. The Hall–Kier alpha value is -1.65. The van der Waals surface area contributed by atoms with Crippen LogP contribution in [0.1, 0.15) is 48.6 Å². The summed E-state index contributed by atoms with van der Waals surface area (Å²) in [5.74, 6) is 1.39. The third kappa shape index (κ3) is 2.81. The van der Waals surface area contributed by atoms with Gasteiger partial charge in [-0.2, -0.15) is 5.10 Å². The van der Waals surface area contributed by atoms with Gasteiger partial charge in [0.1, 0.15) is 0 Å². The van der Waals surface area contributed by atoms with Crippen LogP contribution in [-0.4, -0.2) is 21.9 Å². The van der Waals surface area contributed by atoms with Gasteiger partial charge < -0.3 is 5.11 Å². The van der Waals surface area contributed by atoms with Gasteiger partial charge in [-0.3, -0.25) is 5.01 Å². The highest BCUT2D eigenvalue weighted by Crippen LogP contribution is 2.50. The molecule has 3 nitrogen and oxygen atoms in total. The van der Waals surface area contributed by atoms with Crippen LogP contribution in [0.3, 0.4) is 0 Å². The molecule has 0 amide bonds. The fourth-order valence-electron chi connectivity index (χ4n) is 4.05. The van der Waals surface area contributed by atoms with E-state index in [1.807, 2.05) is 23.2 Å². The summed E-state index contributed by atoms with van der Waals surface area (Å²) in [6.07, 6.45) is 4.45. The van der Waals surface area contributed by atoms with Gasteiger partial charge in [0.2, 0.25) is 0 Å². The van der Waals surface area contributed by atoms with Crippen LogP contribution in [-0.2, 0) is 0 Å². The summed E-state index contributed by atoms with van der Waals surface area (Å²) in [5, 5.41) is 18.1. The minimum atomic E-state index is -0.637. The van der Waals surface area contributed by atoms with Crippen molar-refractivity contribution in [1.29, 1.82) is 0 Å². The summed E-state index contributed by atoms with van der Waals surface area (Å²) in [6, 6.07) is 16.8. The lowest BCUT2D eigenvalue weighted by atomic mass is 9.94. The SMILES string of the molecule is OC1c2ccccc2C(c2ccc(Br)cc2)=NN1C(C1CC1)C1CC1. The Morgan fingerprint density at radius 2 is 1.60 bits per heavy atom. The summed E-state index contributed by atoms with van der Waals surface area (Å²) in [4.78, 5) is 0. The van der Waals surface area contributed by atoms with E-state index in [9.17, 15) is 5.11 Å². The molecule has 1 atom stereocenters. The maximum atomic E-state index is 11.1. The van der Waals surface area contributed by atoms with Crippen LogP contribution in [0, 0.1) is 11.8 Å². The lowest BCUT2D eigenvalue weighted by Gasteiger charge is -2.38. The largest absolute Gasteiger partial charge is 0.368 e. The maximum Gasteiger partial charge on any atom is 0.169 e. The van der Waals surface area contributed by atoms with Gasteiger partial charge in [-0.1, -0.05) is 52.3 Å². The number of hydrogen-bond acceptors (Lipinski definition) is 3. The Morgan fingerprint density at radius 1 is 0.960 bits per heavy atom. The number of hydrazone groups is 1. The first kappa shape index (κ1) is 15.6. The van der Waals surface area contributed by atoms with Crippen LogP contribution in [0.5, 0.6) is 0 Å². The number of halogens is 1. The van der Waals surface area contributed by atoms with Crippen molar-refractivity contribution in [3.05, 3.63) is 69.7 Å². The van der Waals surface area contributed by atoms with Crippen molar-refractivity contribution in [2.75, 3.05) is 0 Å². The van der Waals surface area contributed by atoms with Crippen LogP contribution in [0.4, 0.5) is 0 Å². The Morgan fingerprint density at radius 3 is 2.24 bits per heavy atom. The summed E-state index contributed by atoms with van der Waals surface area (Å²) in [5.41, 5.74) is 4.08. The van der Waals surface area contributed by atoms with E-state index in [1.165, 1.54) is 25.7 Å². The van der Waals surface area contributed by atoms with Gasteiger partial charge in [-0.15, -0.1) is 0 Å². The number of hydrogen-bond donors (Lipinski definition) is 1. The van der Waals surface area contributed by atoms with Crippen molar-refractivity contribution in [3.8, 4) is 0 Å². The zero-order valence-corrected chi connectivity index (χ0v) is 15.6. The quantitative estimate of drug-likeness (QED) is 0.812. The fraction of sp³-hybridized carbons (Fsp3) is 0.381. The van der Waals surface area contributed by atoms with Gasteiger partial charge in [0.05, 0.1) is 11.8 Å². The molecule has 2 aromatic carbocycles. The van der Waals surface area contributed by atoms with E-state index in [0.717, 1.165) is 26.9 Å². The molecule has 0 aromatic heterocycles. The van der Waals surface area contributed by atoms with E-state index in [-0.39, 0.29) is 0 Å². The summed E-state index contributed by atoms with van der Waals surface area (Å²) in [6.45, 7) is 0. The summed E-state index contributed by atoms with van der Waals surface area (Å²) >= 11 is 3.51. The van der Waals surface area contributed by atoms with E-state index < -0.39 is 6.23 Å². The van der Waals surface area contributed by atoms with Gasteiger partial charge in [-0.25, -0.2) is 0 Å². The zero-order chi connectivity index (χ0) is 17.0. The molecule has 2 saturated carbocycles. The molecular formula is C21H21BrN2O. The molecule has 3 aliphatic rings. The minimum absolute atomic E-state index is 0.383. The smallest absolute Gasteiger partial charge is 0.169 e. The number of benzene rings is 2. The molecular weight excluding hydrogens is 376 g/mol. The molecule has 1 aliphatic heterocycles. The third-order valence-electron chi connectivity index (χ3n) is 5.59. The lowest BCUT2D eigenvalue weighted by Crippen LogP contribution is -2.41. The Bertz CT molecular complexity index is 812. The van der Waals surface area contributed by atoms with Crippen molar-refractivity contribution < 1.29 is 5.11 Å². The normalized spacial score (nSPS) is 22.8. The number of fused-ring (bicyclic) bond motifs is 1.